The molecule has 4 aromatic rings. The van der Waals surface area contributed by atoms with Gasteiger partial charge in [0, 0.05) is 12.7 Å². The molecule has 150 valence electrons. The lowest BCUT2D eigenvalue weighted by Gasteiger charge is -2.33. The number of nitrogens with zero attached hydrogens (tertiary/aromatic N) is 3. The molecule has 1 aliphatic heterocycles. The zero-order chi connectivity index (χ0) is 20.3. The lowest BCUT2D eigenvalue weighted by molar-refractivity contribution is -0.0228. The molecule has 0 unspecified atom stereocenters. The lowest BCUT2D eigenvalue weighted by Crippen LogP contribution is -2.42. The highest BCUT2D eigenvalue weighted by Crippen LogP contribution is 2.30. The summed E-state index contributed by atoms with van der Waals surface area (Å²) in [5, 5.41) is 6.77. The molecule has 0 saturated carbocycles. The normalized spacial score (nSPS) is 16.5. The fraction of sp³-hybridized carbons (Fsp3) is 0.167. The summed E-state index contributed by atoms with van der Waals surface area (Å²) in [6.07, 6.45) is 1.73. The summed E-state index contributed by atoms with van der Waals surface area (Å²) in [4.78, 5) is 16.4. The van der Waals surface area contributed by atoms with Gasteiger partial charge in [0.05, 0.1) is 29.3 Å². The Morgan fingerprint density at radius 2 is 1.77 bits per heavy atom. The topological polar surface area (TPSA) is 47.4 Å². The third kappa shape index (κ3) is 3.67. The van der Waals surface area contributed by atoms with Crippen LogP contribution < -0.4 is 0 Å². The van der Waals surface area contributed by atoms with E-state index in [1.54, 1.807) is 16.0 Å². The van der Waals surface area contributed by atoms with Gasteiger partial charge in [0.15, 0.2) is 0 Å². The summed E-state index contributed by atoms with van der Waals surface area (Å²) in [5.74, 6) is -0.00943. The molecule has 6 heteroatoms. The second kappa shape index (κ2) is 8.26. The van der Waals surface area contributed by atoms with E-state index in [1.807, 2.05) is 89.3 Å². The van der Waals surface area contributed by atoms with Crippen molar-refractivity contribution in [3.63, 3.8) is 0 Å². The van der Waals surface area contributed by atoms with Crippen LogP contribution in [0.4, 0.5) is 0 Å². The van der Waals surface area contributed by atoms with Crippen LogP contribution in [-0.2, 0) is 4.74 Å². The lowest BCUT2D eigenvalue weighted by atomic mass is 10.1. The van der Waals surface area contributed by atoms with Gasteiger partial charge in [0.2, 0.25) is 0 Å². The molecule has 0 aliphatic carbocycles. The zero-order valence-corrected chi connectivity index (χ0v) is 17.2. The van der Waals surface area contributed by atoms with Crippen LogP contribution >= 0.6 is 11.3 Å². The van der Waals surface area contributed by atoms with Crippen molar-refractivity contribution in [2.24, 2.45) is 0 Å². The molecule has 2 aromatic heterocycles. The molecule has 0 bridgehead atoms. The molecule has 5 rings (SSSR count). The molecule has 0 spiro atoms. The monoisotopic (exact) mass is 415 g/mol. The summed E-state index contributed by atoms with van der Waals surface area (Å²) in [5.41, 5.74) is 3.36. The quantitative estimate of drug-likeness (QED) is 0.480. The molecule has 30 heavy (non-hydrogen) atoms. The van der Waals surface area contributed by atoms with Crippen LogP contribution in [-0.4, -0.2) is 40.3 Å². The van der Waals surface area contributed by atoms with Gasteiger partial charge in [-0.25, -0.2) is 4.68 Å². The van der Waals surface area contributed by atoms with Gasteiger partial charge in [0.25, 0.3) is 5.91 Å². The molecule has 5 nitrogen and oxygen atoms in total. The third-order valence-corrected chi connectivity index (χ3v) is 6.12. The maximum Gasteiger partial charge on any atom is 0.257 e. The molecule has 2 aromatic carbocycles. The van der Waals surface area contributed by atoms with Crippen molar-refractivity contribution in [3.05, 3.63) is 95.5 Å². The van der Waals surface area contributed by atoms with E-state index in [-0.39, 0.29) is 12.0 Å². The van der Waals surface area contributed by atoms with Crippen molar-refractivity contribution in [3.8, 4) is 16.3 Å². The van der Waals surface area contributed by atoms with E-state index in [9.17, 15) is 4.79 Å². The van der Waals surface area contributed by atoms with Gasteiger partial charge < -0.3 is 9.64 Å². The van der Waals surface area contributed by atoms with Crippen LogP contribution in [0.3, 0.4) is 0 Å². The predicted octanol–water partition coefficient (Wildman–Crippen LogP) is 4.81. The SMILES string of the molecule is O=C(c1cn(-c2ccccc2)nc1-c1cccs1)N1CCO[C@@H](c2ccccc2)C1. The fourth-order valence-electron chi connectivity index (χ4n) is 3.71. The number of morpholine rings is 1. The fourth-order valence-corrected chi connectivity index (χ4v) is 4.44. The van der Waals surface area contributed by atoms with Crippen LogP contribution in [0.1, 0.15) is 22.0 Å². The minimum absolute atomic E-state index is 0.00943. The number of rotatable bonds is 4. The molecule has 1 aliphatic rings. The van der Waals surface area contributed by atoms with E-state index in [4.69, 9.17) is 9.84 Å². The van der Waals surface area contributed by atoms with Crippen LogP contribution in [0, 0.1) is 0 Å². The van der Waals surface area contributed by atoms with E-state index in [0.717, 1.165) is 21.8 Å². The maximum absolute atomic E-state index is 13.6. The molecule has 0 radical (unpaired) electrons. The minimum Gasteiger partial charge on any atom is -0.370 e. The van der Waals surface area contributed by atoms with Crippen molar-refractivity contribution in [1.29, 1.82) is 0 Å². The number of thiophene rings is 1. The molecule has 1 atom stereocenters. The second-order valence-electron chi connectivity index (χ2n) is 7.17. The number of aromatic nitrogens is 2. The van der Waals surface area contributed by atoms with Crippen molar-refractivity contribution >= 4 is 17.2 Å². The summed E-state index contributed by atoms with van der Waals surface area (Å²) < 4.78 is 7.73. The third-order valence-electron chi connectivity index (χ3n) is 5.24. The second-order valence-corrected chi connectivity index (χ2v) is 8.12. The minimum atomic E-state index is -0.113. The van der Waals surface area contributed by atoms with Gasteiger partial charge in [0.1, 0.15) is 11.8 Å². The molecule has 1 saturated heterocycles. The van der Waals surface area contributed by atoms with Gasteiger partial charge in [-0.1, -0.05) is 54.6 Å². The average molecular weight is 416 g/mol. The first-order valence-electron chi connectivity index (χ1n) is 9.94. The van der Waals surface area contributed by atoms with Crippen molar-refractivity contribution in [2.75, 3.05) is 19.7 Å². The Hall–Kier alpha value is -3.22. The Balaban J connectivity index is 1.48. The van der Waals surface area contributed by atoms with Gasteiger partial charge in [-0.3, -0.25) is 4.79 Å². The Labute approximate surface area is 179 Å². The van der Waals surface area contributed by atoms with Crippen LogP contribution in [0.15, 0.2) is 84.4 Å². The van der Waals surface area contributed by atoms with Crippen LogP contribution in [0.5, 0.6) is 0 Å². The Morgan fingerprint density at radius 3 is 2.50 bits per heavy atom. The van der Waals surface area contributed by atoms with Gasteiger partial charge >= 0.3 is 0 Å². The first kappa shape index (κ1) is 18.8. The van der Waals surface area contributed by atoms with E-state index in [1.165, 1.54) is 0 Å². The molecule has 3 heterocycles. The largest absolute Gasteiger partial charge is 0.370 e. The Kier molecular flexibility index (Phi) is 5.17. The Bertz CT molecular complexity index is 1120. The van der Waals surface area contributed by atoms with E-state index >= 15 is 0 Å². The highest BCUT2D eigenvalue weighted by atomic mass is 32.1. The number of hydrogen-bond acceptors (Lipinski definition) is 4. The molecule has 1 fully saturated rings. The summed E-state index contributed by atoms with van der Waals surface area (Å²) in [7, 11) is 0. The number of carbonyl (C=O) groups excluding carboxylic acids is 1. The van der Waals surface area contributed by atoms with Crippen LogP contribution in [0.25, 0.3) is 16.3 Å². The number of benzene rings is 2. The molecular weight excluding hydrogens is 394 g/mol. The standard InChI is InChI=1S/C24H21N3O2S/c28-24(26-13-14-29-21(17-26)18-8-3-1-4-9-18)20-16-27(19-10-5-2-6-11-19)25-23(20)22-12-7-15-30-22/h1-12,15-16,21H,13-14,17H2/t21-/m1/s1. The number of hydrogen-bond donors (Lipinski definition) is 0. The van der Waals surface area contributed by atoms with Crippen molar-refractivity contribution < 1.29 is 9.53 Å². The predicted molar refractivity (Wildman–Crippen MR) is 118 cm³/mol. The highest BCUT2D eigenvalue weighted by Gasteiger charge is 2.29. The maximum atomic E-state index is 13.6. The number of amides is 1. The molecule has 0 N–H and O–H groups in total. The first-order chi connectivity index (χ1) is 14.8. The Morgan fingerprint density at radius 1 is 1.00 bits per heavy atom. The summed E-state index contributed by atoms with van der Waals surface area (Å²) in [6.45, 7) is 1.62. The molecular formula is C24H21N3O2S. The van der Waals surface area contributed by atoms with Gasteiger partial charge in [-0.2, -0.15) is 5.10 Å². The number of carbonyl (C=O) groups is 1. The first-order valence-corrected chi connectivity index (χ1v) is 10.8. The van der Waals surface area contributed by atoms with Crippen molar-refractivity contribution in [2.45, 2.75) is 6.10 Å². The number of para-hydroxylation sites is 1. The highest BCUT2D eigenvalue weighted by molar-refractivity contribution is 7.13. The van der Waals surface area contributed by atoms with Crippen molar-refractivity contribution in [1.82, 2.24) is 14.7 Å². The van der Waals surface area contributed by atoms with Gasteiger partial charge in [-0.05, 0) is 29.1 Å². The average Bonchev–Trinajstić information content (AvgIpc) is 3.50. The number of ether oxygens (including phenoxy) is 1. The van der Waals surface area contributed by atoms with E-state index in [2.05, 4.69) is 0 Å². The molecule has 1 amide bonds. The van der Waals surface area contributed by atoms with E-state index < -0.39 is 0 Å². The summed E-state index contributed by atoms with van der Waals surface area (Å²) in [6, 6.07) is 23.9. The van der Waals surface area contributed by atoms with Gasteiger partial charge in [-0.15, -0.1) is 11.3 Å². The van der Waals surface area contributed by atoms with E-state index in [0.29, 0.717) is 25.3 Å². The van der Waals surface area contributed by atoms with Crippen LogP contribution in [0.2, 0.25) is 0 Å². The summed E-state index contributed by atoms with van der Waals surface area (Å²) >= 11 is 1.59. The zero-order valence-electron chi connectivity index (χ0n) is 16.3. The smallest absolute Gasteiger partial charge is 0.257 e.